The zero-order chi connectivity index (χ0) is 22.8. The Kier molecular flexibility index (Phi) is 11.0. The van der Waals surface area contributed by atoms with Crippen molar-refractivity contribution in [1.29, 1.82) is 0 Å². The predicted molar refractivity (Wildman–Crippen MR) is 133 cm³/mol. The molecule has 2 aliphatic rings. The maximum absolute atomic E-state index is 14.8. The van der Waals surface area contributed by atoms with Crippen LogP contribution in [0.25, 0.3) is 0 Å². The summed E-state index contributed by atoms with van der Waals surface area (Å²) in [5.74, 6) is 1.76. The Labute approximate surface area is 197 Å². The van der Waals surface area contributed by atoms with Crippen LogP contribution in [0.4, 0.5) is 8.78 Å². The normalized spacial score (nSPS) is 26.4. The molecule has 2 fully saturated rings. The monoisotopic (exact) mass is 446 g/mol. The lowest BCUT2D eigenvalue weighted by atomic mass is 9.68. The van der Waals surface area contributed by atoms with Gasteiger partial charge in [0.25, 0.3) is 0 Å². The van der Waals surface area contributed by atoms with Crippen LogP contribution in [0.2, 0.25) is 0 Å². The second kappa shape index (κ2) is 13.7. The van der Waals surface area contributed by atoms with Crippen molar-refractivity contribution in [2.45, 2.75) is 135 Å². The average Bonchev–Trinajstić information content (AvgIpc) is 2.82. The lowest BCUT2D eigenvalue weighted by Crippen LogP contribution is -2.25. The first-order chi connectivity index (χ1) is 15.6. The first-order valence-corrected chi connectivity index (χ1v) is 14.1. The van der Waals surface area contributed by atoms with Crippen LogP contribution in [0, 0.1) is 29.4 Å². The third-order valence-electron chi connectivity index (χ3n) is 8.73. The smallest absolute Gasteiger partial charge is 0.162 e. The summed E-state index contributed by atoms with van der Waals surface area (Å²) in [4.78, 5) is 0. The first kappa shape index (κ1) is 25.7. The summed E-state index contributed by atoms with van der Waals surface area (Å²) in [5, 5.41) is 0. The maximum atomic E-state index is 14.8. The molecule has 2 heteroatoms. The van der Waals surface area contributed by atoms with Gasteiger partial charge >= 0.3 is 0 Å². The summed E-state index contributed by atoms with van der Waals surface area (Å²) in [6.07, 6.45) is 22.4. The van der Waals surface area contributed by atoms with E-state index in [4.69, 9.17) is 0 Å². The number of hydrogen-bond acceptors (Lipinski definition) is 0. The van der Waals surface area contributed by atoms with E-state index in [2.05, 4.69) is 13.8 Å². The Hall–Kier alpha value is -0.920. The van der Waals surface area contributed by atoms with E-state index in [1.54, 1.807) is 0 Å². The van der Waals surface area contributed by atoms with E-state index in [1.165, 1.54) is 77.0 Å². The fourth-order valence-corrected chi connectivity index (χ4v) is 6.56. The molecule has 0 aromatic heterocycles. The van der Waals surface area contributed by atoms with Crippen LogP contribution < -0.4 is 0 Å². The van der Waals surface area contributed by atoms with Gasteiger partial charge in [0, 0.05) is 0 Å². The first-order valence-electron chi connectivity index (χ1n) is 14.1. The molecule has 2 aliphatic carbocycles. The molecule has 0 bridgehead atoms. The fraction of sp³-hybridized carbons (Fsp3) is 0.800. The predicted octanol–water partition coefficient (Wildman–Crippen LogP) is 10.1. The van der Waals surface area contributed by atoms with Crippen LogP contribution in [0.15, 0.2) is 12.1 Å². The Morgan fingerprint density at radius 2 is 1.25 bits per heavy atom. The van der Waals surface area contributed by atoms with Crippen LogP contribution in [-0.2, 0) is 6.42 Å². The molecule has 0 aliphatic heterocycles. The van der Waals surface area contributed by atoms with Crippen LogP contribution in [0.3, 0.4) is 0 Å². The van der Waals surface area contributed by atoms with Crippen molar-refractivity contribution < 1.29 is 8.78 Å². The topological polar surface area (TPSA) is 0 Å². The Balaban J connectivity index is 1.41. The van der Waals surface area contributed by atoms with Gasteiger partial charge in [-0.1, -0.05) is 90.2 Å². The van der Waals surface area contributed by atoms with Crippen LogP contribution in [-0.4, -0.2) is 0 Å². The van der Waals surface area contributed by atoms with E-state index in [0.717, 1.165) is 49.9 Å². The largest absolute Gasteiger partial charge is 0.203 e. The summed E-state index contributed by atoms with van der Waals surface area (Å²) in [7, 11) is 0. The fourth-order valence-electron chi connectivity index (χ4n) is 6.56. The van der Waals surface area contributed by atoms with Crippen molar-refractivity contribution in [2.75, 3.05) is 0 Å². The third kappa shape index (κ3) is 7.29. The molecule has 1 aromatic rings. The van der Waals surface area contributed by atoms with Crippen LogP contribution >= 0.6 is 0 Å². The highest BCUT2D eigenvalue weighted by atomic mass is 19.2. The summed E-state index contributed by atoms with van der Waals surface area (Å²) in [6.45, 7) is 4.42. The number of unbranched alkanes of at least 4 members (excludes halogenated alkanes) is 6. The minimum atomic E-state index is -0.575. The zero-order valence-corrected chi connectivity index (χ0v) is 20.9. The maximum Gasteiger partial charge on any atom is 0.162 e. The molecule has 1 aromatic carbocycles. The summed E-state index contributed by atoms with van der Waals surface area (Å²) >= 11 is 0. The second-order valence-electron chi connectivity index (χ2n) is 11.0. The molecule has 0 heterocycles. The quantitative estimate of drug-likeness (QED) is 0.280. The molecule has 0 amide bonds. The van der Waals surface area contributed by atoms with Crippen molar-refractivity contribution >= 4 is 0 Å². The molecular weight excluding hydrogens is 398 g/mol. The van der Waals surface area contributed by atoms with E-state index >= 15 is 0 Å². The number of benzene rings is 1. The van der Waals surface area contributed by atoms with Gasteiger partial charge in [0.15, 0.2) is 11.6 Å². The van der Waals surface area contributed by atoms with Gasteiger partial charge in [-0.05, 0) is 86.2 Å². The highest BCUT2D eigenvalue weighted by Crippen LogP contribution is 2.45. The van der Waals surface area contributed by atoms with E-state index in [0.29, 0.717) is 17.5 Å². The van der Waals surface area contributed by atoms with E-state index < -0.39 is 11.6 Å². The molecule has 0 N–H and O–H groups in total. The molecule has 182 valence electrons. The van der Waals surface area contributed by atoms with Crippen LogP contribution in [0.5, 0.6) is 0 Å². The molecule has 0 unspecified atom stereocenters. The molecule has 0 nitrogen and oxygen atoms in total. The summed E-state index contributed by atoms with van der Waals surface area (Å²) in [5.41, 5.74) is 1.21. The molecule has 0 spiro atoms. The van der Waals surface area contributed by atoms with Gasteiger partial charge in [-0.25, -0.2) is 8.78 Å². The van der Waals surface area contributed by atoms with Gasteiger partial charge in [0.1, 0.15) is 0 Å². The minimum Gasteiger partial charge on any atom is -0.203 e. The minimum absolute atomic E-state index is 0.213. The van der Waals surface area contributed by atoms with Gasteiger partial charge < -0.3 is 0 Å². The number of rotatable bonds is 12. The number of aryl methyl sites for hydroxylation is 1. The molecule has 0 saturated heterocycles. The molecular formula is C30H48F2. The molecule has 3 rings (SSSR count). The SMILES string of the molecule is CCCCCCC[C@H]1CC[C@H]([C@H]2CC[C@H](c3ccc(CCCCC)c(F)c3F)CC2)CC1. The molecule has 32 heavy (non-hydrogen) atoms. The van der Waals surface area contributed by atoms with Crippen molar-refractivity contribution in [3.8, 4) is 0 Å². The van der Waals surface area contributed by atoms with Crippen molar-refractivity contribution in [3.05, 3.63) is 34.9 Å². The average molecular weight is 447 g/mol. The van der Waals surface area contributed by atoms with Crippen molar-refractivity contribution in [2.24, 2.45) is 17.8 Å². The van der Waals surface area contributed by atoms with Crippen molar-refractivity contribution in [1.82, 2.24) is 0 Å². The lowest BCUT2D eigenvalue weighted by molar-refractivity contribution is 0.155. The summed E-state index contributed by atoms with van der Waals surface area (Å²) < 4.78 is 29.5. The van der Waals surface area contributed by atoms with Crippen molar-refractivity contribution in [3.63, 3.8) is 0 Å². The van der Waals surface area contributed by atoms with E-state index in [9.17, 15) is 8.78 Å². The third-order valence-corrected chi connectivity index (χ3v) is 8.73. The number of halogens is 2. The summed E-state index contributed by atoms with van der Waals surface area (Å²) in [6, 6.07) is 3.76. The van der Waals surface area contributed by atoms with Gasteiger partial charge in [-0.2, -0.15) is 0 Å². The Morgan fingerprint density at radius 1 is 0.656 bits per heavy atom. The highest BCUT2D eigenvalue weighted by Gasteiger charge is 2.32. The zero-order valence-electron chi connectivity index (χ0n) is 20.9. The lowest BCUT2D eigenvalue weighted by Gasteiger charge is -2.38. The van der Waals surface area contributed by atoms with E-state index in [1.807, 2.05) is 12.1 Å². The molecule has 2 saturated carbocycles. The number of hydrogen-bond donors (Lipinski definition) is 0. The van der Waals surface area contributed by atoms with Gasteiger partial charge in [0.2, 0.25) is 0 Å². The standard InChI is InChI=1S/C30H48F2/c1-3-5-7-8-10-11-23-13-15-24(16-14-23)25-17-19-26(20-18-25)28-22-21-27(12-9-6-4-2)29(31)30(28)32/h21-26H,3-20H2,1-2H3/t23-,24-,25-,26-. The Morgan fingerprint density at radius 3 is 1.91 bits per heavy atom. The van der Waals surface area contributed by atoms with Gasteiger partial charge in [-0.3, -0.25) is 0 Å². The van der Waals surface area contributed by atoms with Gasteiger partial charge in [0.05, 0.1) is 0 Å². The van der Waals surface area contributed by atoms with Crippen LogP contribution in [0.1, 0.15) is 140 Å². The Bertz CT molecular complexity index is 651. The second-order valence-corrected chi connectivity index (χ2v) is 11.0. The highest BCUT2D eigenvalue weighted by molar-refractivity contribution is 5.29. The van der Waals surface area contributed by atoms with E-state index in [-0.39, 0.29) is 5.92 Å². The molecule has 0 radical (unpaired) electrons. The molecule has 0 atom stereocenters. The van der Waals surface area contributed by atoms with Gasteiger partial charge in [-0.15, -0.1) is 0 Å².